The second kappa shape index (κ2) is 8.94. The summed E-state index contributed by atoms with van der Waals surface area (Å²) in [6, 6.07) is 8.72. The van der Waals surface area contributed by atoms with E-state index in [1.54, 1.807) is 0 Å². The summed E-state index contributed by atoms with van der Waals surface area (Å²) in [6.45, 7) is 2.62. The lowest BCUT2D eigenvalue weighted by Crippen LogP contribution is -2.30. The molecule has 0 saturated heterocycles. The number of hydrogen-bond donors (Lipinski definition) is 0. The van der Waals surface area contributed by atoms with Gasteiger partial charge in [0.2, 0.25) is 0 Å². The molecule has 2 aromatic rings. The molecule has 4 heteroatoms. The van der Waals surface area contributed by atoms with E-state index in [1.807, 2.05) is 6.92 Å². The Morgan fingerprint density at radius 1 is 0.839 bits per heavy atom. The number of ether oxygens (including phenoxy) is 3. The second-order valence-corrected chi connectivity index (χ2v) is 9.05. The van der Waals surface area contributed by atoms with Gasteiger partial charge in [-0.25, -0.2) is 0 Å². The lowest BCUT2D eigenvalue weighted by molar-refractivity contribution is -0.152. The lowest BCUT2D eigenvalue weighted by atomic mass is 9.80. The van der Waals surface area contributed by atoms with Gasteiger partial charge in [-0.05, 0) is 92.2 Å². The van der Waals surface area contributed by atoms with Gasteiger partial charge in [0.1, 0.15) is 24.7 Å². The van der Waals surface area contributed by atoms with Gasteiger partial charge < -0.3 is 14.2 Å². The van der Waals surface area contributed by atoms with E-state index in [0.717, 1.165) is 43.6 Å². The molecule has 0 atom stereocenters. The van der Waals surface area contributed by atoms with Crippen LogP contribution in [0.1, 0.15) is 67.7 Å². The molecule has 5 rings (SSSR count). The number of carbonyl (C=O) groups is 1. The first-order valence-electron chi connectivity index (χ1n) is 12.0. The third-order valence-corrected chi connectivity index (χ3v) is 6.84. The zero-order valence-corrected chi connectivity index (χ0v) is 18.5. The Bertz CT molecular complexity index is 908. The van der Waals surface area contributed by atoms with Gasteiger partial charge in [0.05, 0.1) is 0 Å². The van der Waals surface area contributed by atoms with Crippen molar-refractivity contribution in [3.8, 4) is 22.6 Å². The van der Waals surface area contributed by atoms with Gasteiger partial charge in [0.15, 0.2) is 6.10 Å². The molecule has 3 aliphatic rings. The van der Waals surface area contributed by atoms with E-state index in [2.05, 4.69) is 24.3 Å². The maximum Gasteiger partial charge on any atom is 0.306 e. The van der Waals surface area contributed by atoms with Crippen molar-refractivity contribution in [2.24, 2.45) is 0 Å². The minimum atomic E-state index is -0.412. The highest BCUT2D eigenvalue weighted by Crippen LogP contribution is 2.47. The second-order valence-electron chi connectivity index (χ2n) is 9.05. The predicted octanol–water partition coefficient (Wildman–Crippen LogP) is 5.59. The molecular weight excluding hydrogens is 388 g/mol. The molecule has 0 amide bonds. The van der Waals surface area contributed by atoms with E-state index in [-0.39, 0.29) is 5.97 Å². The maximum absolute atomic E-state index is 12.1. The molecule has 2 aliphatic carbocycles. The van der Waals surface area contributed by atoms with Crippen LogP contribution in [-0.4, -0.2) is 25.3 Å². The van der Waals surface area contributed by atoms with Crippen molar-refractivity contribution in [3.63, 3.8) is 0 Å². The van der Waals surface area contributed by atoms with E-state index in [1.165, 1.54) is 59.1 Å². The first kappa shape index (κ1) is 20.4. The summed E-state index contributed by atoms with van der Waals surface area (Å²) in [7, 11) is 0. The number of hydrogen-bond acceptors (Lipinski definition) is 4. The summed E-state index contributed by atoms with van der Waals surface area (Å²) in [5.74, 6) is 1.63. The highest BCUT2D eigenvalue weighted by molar-refractivity contribution is 5.84. The van der Waals surface area contributed by atoms with Crippen LogP contribution in [0.4, 0.5) is 0 Å². The number of aryl methyl sites for hydroxylation is 2. The number of rotatable bonds is 3. The minimum absolute atomic E-state index is 0.185. The van der Waals surface area contributed by atoms with Crippen molar-refractivity contribution in [2.45, 2.75) is 77.2 Å². The van der Waals surface area contributed by atoms with Crippen LogP contribution in [-0.2, 0) is 35.2 Å². The average molecular weight is 421 g/mol. The van der Waals surface area contributed by atoms with E-state index < -0.39 is 6.10 Å². The minimum Gasteiger partial charge on any atom is -0.489 e. The van der Waals surface area contributed by atoms with Crippen LogP contribution >= 0.6 is 0 Å². The quantitative estimate of drug-likeness (QED) is 0.607. The van der Waals surface area contributed by atoms with Crippen molar-refractivity contribution in [1.82, 2.24) is 0 Å². The fourth-order valence-corrected chi connectivity index (χ4v) is 5.33. The molecule has 31 heavy (non-hydrogen) atoms. The van der Waals surface area contributed by atoms with Crippen LogP contribution in [0.5, 0.6) is 11.5 Å². The van der Waals surface area contributed by atoms with Crippen LogP contribution in [0.15, 0.2) is 24.3 Å². The molecule has 0 fully saturated rings. The zero-order chi connectivity index (χ0) is 21.2. The van der Waals surface area contributed by atoms with Crippen LogP contribution in [0, 0.1) is 0 Å². The summed E-state index contributed by atoms with van der Waals surface area (Å²) in [5, 5.41) is 0. The molecule has 0 radical (unpaired) electrons. The van der Waals surface area contributed by atoms with Gasteiger partial charge >= 0.3 is 5.97 Å². The van der Waals surface area contributed by atoms with E-state index >= 15 is 0 Å². The summed E-state index contributed by atoms with van der Waals surface area (Å²) in [5.41, 5.74) is 8.19. The van der Waals surface area contributed by atoms with Gasteiger partial charge in [0, 0.05) is 17.5 Å². The fourth-order valence-electron chi connectivity index (χ4n) is 5.33. The Morgan fingerprint density at radius 2 is 1.35 bits per heavy atom. The largest absolute Gasteiger partial charge is 0.489 e. The van der Waals surface area contributed by atoms with E-state index in [0.29, 0.717) is 19.6 Å². The number of carbonyl (C=O) groups excluding carboxylic acids is 1. The van der Waals surface area contributed by atoms with Crippen LogP contribution < -0.4 is 9.47 Å². The third kappa shape index (κ3) is 4.05. The van der Waals surface area contributed by atoms with Gasteiger partial charge in [0.25, 0.3) is 0 Å². The first-order chi connectivity index (χ1) is 15.2. The van der Waals surface area contributed by atoms with Gasteiger partial charge in [-0.1, -0.05) is 19.1 Å². The Balaban J connectivity index is 1.62. The molecular formula is C27H32O4. The fraction of sp³-hybridized carbons (Fsp3) is 0.519. The molecule has 4 nitrogen and oxygen atoms in total. The molecule has 0 saturated carbocycles. The molecule has 0 N–H and O–H groups in total. The van der Waals surface area contributed by atoms with Crippen molar-refractivity contribution in [3.05, 3.63) is 46.5 Å². The van der Waals surface area contributed by atoms with Crippen LogP contribution in [0.25, 0.3) is 11.1 Å². The maximum atomic E-state index is 12.1. The SMILES string of the molecule is CCCC(=O)OC1COc2ccc3c(c2-c2c(ccc4c2CCCC4)OC1)CCCC3. The van der Waals surface area contributed by atoms with Crippen molar-refractivity contribution >= 4 is 5.97 Å². The Kier molecular flexibility index (Phi) is 5.89. The molecule has 2 aromatic carbocycles. The normalized spacial score (nSPS) is 18.0. The molecule has 0 bridgehead atoms. The average Bonchev–Trinajstić information content (AvgIpc) is 2.87. The molecule has 1 heterocycles. The summed E-state index contributed by atoms with van der Waals surface area (Å²) < 4.78 is 18.4. The number of fused-ring (bicyclic) bond motifs is 7. The highest BCUT2D eigenvalue weighted by Gasteiger charge is 2.29. The van der Waals surface area contributed by atoms with E-state index in [4.69, 9.17) is 14.2 Å². The Morgan fingerprint density at radius 3 is 1.87 bits per heavy atom. The van der Waals surface area contributed by atoms with Gasteiger partial charge in [-0.15, -0.1) is 0 Å². The van der Waals surface area contributed by atoms with Gasteiger partial charge in [-0.2, -0.15) is 0 Å². The first-order valence-corrected chi connectivity index (χ1v) is 12.0. The monoisotopic (exact) mass is 420 g/mol. The lowest BCUT2D eigenvalue weighted by Gasteiger charge is -2.27. The van der Waals surface area contributed by atoms with Gasteiger partial charge in [-0.3, -0.25) is 4.79 Å². The predicted molar refractivity (Wildman–Crippen MR) is 121 cm³/mol. The third-order valence-electron chi connectivity index (χ3n) is 6.84. The number of esters is 1. The van der Waals surface area contributed by atoms with E-state index in [9.17, 15) is 4.79 Å². The summed E-state index contributed by atoms with van der Waals surface area (Å²) in [4.78, 5) is 12.1. The standard InChI is InChI=1S/C27H32O4/c1-2-7-25(28)31-20-16-29-23-14-12-18-8-3-5-10-21(18)26(23)27-22-11-6-4-9-19(22)13-15-24(27)30-17-20/h12-15,20H,2-11,16-17H2,1H3. The summed E-state index contributed by atoms with van der Waals surface area (Å²) >= 11 is 0. The molecule has 0 aromatic heterocycles. The zero-order valence-electron chi connectivity index (χ0n) is 18.5. The van der Waals surface area contributed by atoms with Crippen LogP contribution in [0.3, 0.4) is 0 Å². The Labute approximate surface area is 184 Å². The topological polar surface area (TPSA) is 44.8 Å². The highest BCUT2D eigenvalue weighted by atomic mass is 16.6. The molecule has 0 spiro atoms. The van der Waals surface area contributed by atoms with Crippen molar-refractivity contribution in [1.29, 1.82) is 0 Å². The molecule has 164 valence electrons. The van der Waals surface area contributed by atoms with Crippen LogP contribution in [0.2, 0.25) is 0 Å². The Hall–Kier alpha value is -2.49. The summed E-state index contributed by atoms with van der Waals surface area (Å²) in [6.07, 6.45) is 10.1. The molecule has 0 unspecified atom stereocenters. The van der Waals surface area contributed by atoms with Crippen molar-refractivity contribution < 1.29 is 19.0 Å². The van der Waals surface area contributed by atoms with Crippen molar-refractivity contribution in [2.75, 3.05) is 13.2 Å². The number of benzene rings is 2. The molecule has 1 aliphatic heterocycles. The smallest absolute Gasteiger partial charge is 0.306 e.